The first-order valence-electron chi connectivity index (χ1n) is 5.83. The standard InChI is InChI=1S/C14H16N2O/c1-3-9-16(4-2)14(17)12-10-15-13-8-6-5-7-11(12)13/h1,5-8,12,15H,4,9-10H2,2H3. The van der Waals surface area contributed by atoms with Gasteiger partial charge in [0.15, 0.2) is 0 Å². The van der Waals surface area contributed by atoms with Crippen LogP contribution in [0.15, 0.2) is 24.3 Å². The van der Waals surface area contributed by atoms with Gasteiger partial charge in [0, 0.05) is 18.8 Å². The monoisotopic (exact) mass is 228 g/mol. The van der Waals surface area contributed by atoms with E-state index in [2.05, 4.69) is 11.2 Å². The predicted molar refractivity (Wildman–Crippen MR) is 68.8 cm³/mol. The highest BCUT2D eigenvalue weighted by molar-refractivity contribution is 5.88. The van der Waals surface area contributed by atoms with E-state index in [-0.39, 0.29) is 11.8 Å². The molecule has 3 heteroatoms. The Morgan fingerprint density at radius 3 is 3.06 bits per heavy atom. The van der Waals surface area contributed by atoms with E-state index in [0.29, 0.717) is 19.6 Å². The second-order valence-corrected chi connectivity index (χ2v) is 4.08. The lowest BCUT2D eigenvalue weighted by Gasteiger charge is -2.21. The van der Waals surface area contributed by atoms with E-state index in [9.17, 15) is 4.79 Å². The van der Waals surface area contributed by atoms with Crippen LogP contribution in [0.25, 0.3) is 0 Å². The molecule has 0 saturated carbocycles. The Morgan fingerprint density at radius 1 is 1.59 bits per heavy atom. The van der Waals surface area contributed by atoms with E-state index in [1.807, 2.05) is 31.2 Å². The molecule has 1 aliphatic heterocycles. The molecule has 1 amide bonds. The van der Waals surface area contributed by atoms with Crippen LogP contribution >= 0.6 is 0 Å². The Labute approximate surface area is 102 Å². The van der Waals surface area contributed by atoms with Crippen molar-refractivity contribution in [3.05, 3.63) is 29.8 Å². The molecule has 1 aromatic rings. The van der Waals surface area contributed by atoms with E-state index in [0.717, 1.165) is 11.3 Å². The first kappa shape index (κ1) is 11.5. The molecule has 0 spiro atoms. The Hall–Kier alpha value is -1.95. The zero-order valence-electron chi connectivity index (χ0n) is 9.94. The number of nitrogens with one attached hydrogen (secondary N) is 1. The molecule has 88 valence electrons. The van der Waals surface area contributed by atoms with Gasteiger partial charge < -0.3 is 10.2 Å². The van der Waals surface area contributed by atoms with Crippen LogP contribution < -0.4 is 5.32 Å². The molecule has 2 rings (SSSR count). The van der Waals surface area contributed by atoms with Crippen LogP contribution in [0, 0.1) is 12.3 Å². The molecule has 17 heavy (non-hydrogen) atoms. The molecule has 1 aromatic carbocycles. The second kappa shape index (κ2) is 4.92. The number of carbonyl (C=O) groups is 1. The Bertz CT molecular complexity index is 462. The summed E-state index contributed by atoms with van der Waals surface area (Å²) >= 11 is 0. The largest absolute Gasteiger partial charge is 0.384 e. The van der Waals surface area contributed by atoms with Gasteiger partial charge in [-0.25, -0.2) is 0 Å². The minimum atomic E-state index is -0.0977. The SMILES string of the molecule is C#CCN(CC)C(=O)C1CNc2ccccc21. The lowest BCUT2D eigenvalue weighted by atomic mass is 10.00. The minimum Gasteiger partial charge on any atom is -0.384 e. The summed E-state index contributed by atoms with van der Waals surface area (Å²) in [6.45, 7) is 3.65. The van der Waals surface area contributed by atoms with Crippen LogP contribution in [0.3, 0.4) is 0 Å². The third kappa shape index (κ3) is 2.12. The lowest BCUT2D eigenvalue weighted by molar-refractivity contribution is -0.131. The van der Waals surface area contributed by atoms with Gasteiger partial charge in [0.25, 0.3) is 0 Å². The third-order valence-electron chi connectivity index (χ3n) is 3.11. The molecule has 0 radical (unpaired) electrons. The Kier molecular flexibility index (Phi) is 3.34. The van der Waals surface area contributed by atoms with Crippen molar-refractivity contribution in [2.45, 2.75) is 12.8 Å². The summed E-state index contributed by atoms with van der Waals surface area (Å²) in [5.74, 6) is 2.55. The molecule has 0 bridgehead atoms. The fraction of sp³-hybridized carbons (Fsp3) is 0.357. The lowest BCUT2D eigenvalue weighted by Crippen LogP contribution is -2.36. The highest BCUT2D eigenvalue weighted by Crippen LogP contribution is 2.32. The van der Waals surface area contributed by atoms with E-state index < -0.39 is 0 Å². The van der Waals surface area contributed by atoms with Crippen LogP contribution in [0.5, 0.6) is 0 Å². The molecular weight excluding hydrogens is 212 g/mol. The van der Waals surface area contributed by atoms with E-state index in [1.54, 1.807) is 4.90 Å². The van der Waals surface area contributed by atoms with Gasteiger partial charge in [-0.2, -0.15) is 0 Å². The van der Waals surface area contributed by atoms with Crippen LogP contribution in [0.4, 0.5) is 5.69 Å². The zero-order chi connectivity index (χ0) is 12.3. The Balaban J connectivity index is 2.20. The predicted octanol–water partition coefficient (Wildman–Crippen LogP) is 1.68. The number of benzene rings is 1. The van der Waals surface area contributed by atoms with Crippen molar-refractivity contribution in [2.24, 2.45) is 0 Å². The molecule has 1 atom stereocenters. The van der Waals surface area contributed by atoms with Gasteiger partial charge in [-0.15, -0.1) is 6.42 Å². The number of likely N-dealkylation sites (N-methyl/N-ethyl adjacent to an activating group) is 1. The maximum atomic E-state index is 12.3. The van der Waals surface area contributed by atoms with Crippen LogP contribution in [0.1, 0.15) is 18.4 Å². The molecule has 0 aliphatic carbocycles. The van der Waals surface area contributed by atoms with E-state index >= 15 is 0 Å². The number of hydrogen-bond donors (Lipinski definition) is 1. The van der Waals surface area contributed by atoms with Crippen LogP contribution in [0.2, 0.25) is 0 Å². The van der Waals surface area contributed by atoms with Crippen molar-refractivity contribution in [1.82, 2.24) is 4.90 Å². The van der Waals surface area contributed by atoms with Crippen LogP contribution in [-0.4, -0.2) is 30.4 Å². The second-order valence-electron chi connectivity index (χ2n) is 4.08. The van der Waals surface area contributed by atoms with Gasteiger partial charge in [-0.05, 0) is 18.6 Å². The number of rotatable bonds is 3. The first-order chi connectivity index (χ1) is 8.27. The fourth-order valence-electron chi connectivity index (χ4n) is 2.18. The molecule has 3 nitrogen and oxygen atoms in total. The molecule has 0 aromatic heterocycles. The maximum Gasteiger partial charge on any atom is 0.232 e. The first-order valence-corrected chi connectivity index (χ1v) is 5.83. The third-order valence-corrected chi connectivity index (χ3v) is 3.11. The van der Waals surface area contributed by atoms with Crippen molar-refractivity contribution in [3.8, 4) is 12.3 Å². The van der Waals surface area contributed by atoms with E-state index in [1.165, 1.54) is 0 Å². The molecule has 1 aliphatic rings. The fourth-order valence-corrected chi connectivity index (χ4v) is 2.18. The number of anilines is 1. The van der Waals surface area contributed by atoms with Gasteiger partial charge >= 0.3 is 0 Å². The van der Waals surface area contributed by atoms with Gasteiger partial charge in [-0.1, -0.05) is 24.1 Å². The summed E-state index contributed by atoms with van der Waals surface area (Å²) < 4.78 is 0. The van der Waals surface area contributed by atoms with Gasteiger partial charge in [-0.3, -0.25) is 4.79 Å². The smallest absolute Gasteiger partial charge is 0.232 e. The number of carbonyl (C=O) groups excluding carboxylic acids is 1. The van der Waals surface area contributed by atoms with Crippen molar-refractivity contribution in [3.63, 3.8) is 0 Å². The minimum absolute atomic E-state index is 0.0977. The van der Waals surface area contributed by atoms with Gasteiger partial charge in [0.05, 0.1) is 12.5 Å². The number of amides is 1. The highest BCUT2D eigenvalue weighted by atomic mass is 16.2. The molecule has 0 saturated heterocycles. The average Bonchev–Trinajstić information content (AvgIpc) is 2.79. The summed E-state index contributed by atoms with van der Waals surface area (Å²) in [7, 11) is 0. The molecule has 1 heterocycles. The van der Waals surface area contributed by atoms with Crippen LogP contribution in [-0.2, 0) is 4.79 Å². The topological polar surface area (TPSA) is 32.3 Å². The average molecular weight is 228 g/mol. The summed E-state index contributed by atoms with van der Waals surface area (Å²) in [6, 6.07) is 7.93. The van der Waals surface area contributed by atoms with Crippen molar-refractivity contribution in [2.75, 3.05) is 25.0 Å². The number of terminal acetylenes is 1. The summed E-state index contributed by atoms with van der Waals surface area (Å²) in [5.41, 5.74) is 2.13. The molecular formula is C14H16N2O. The summed E-state index contributed by atoms with van der Waals surface area (Å²) in [6.07, 6.45) is 5.28. The summed E-state index contributed by atoms with van der Waals surface area (Å²) in [4.78, 5) is 14.0. The molecule has 0 fully saturated rings. The van der Waals surface area contributed by atoms with Gasteiger partial charge in [0.2, 0.25) is 5.91 Å². The number of fused-ring (bicyclic) bond motifs is 1. The number of nitrogens with zero attached hydrogens (tertiary/aromatic N) is 1. The maximum absolute atomic E-state index is 12.3. The Morgan fingerprint density at radius 2 is 2.35 bits per heavy atom. The molecule has 1 unspecified atom stereocenters. The number of para-hydroxylation sites is 1. The molecule has 1 N–H and O–H groups in total. The van der Waals surface area contributed by atoms with Gasteiger partial charge in [0.1, 0.15) is 0 Å². The normalized spacial score (nSPS) is 16.8. The summed E-state index contributed by atoms with van der Waals surface area (Å²) in [5, 5.41) is 3.25. The van der Waals surface area contributed by atoms with Crippen molar-refractivity contribution < 1.29 is 4.79 Å². The number of hydrogen-bond acceptors (Lipinski definition) is 2. The van der Waals surface area contributed by atoms with Crippen molar-refractivity contribution in [1.29, 1.82) is 0 Å². The quantitative estimate of drug-likeness (QED) is 0.798. The highest BCUT2D eigenvalue weighted by Gasteiger charge is 2.30. The zero-order valence-corrected chi connectivity index (χ0v) is 9.94. The van der Waals surface area contributed by atoms with Crippen molar-refractivity contribution >= 4 is 11.6 Å². The van der Waals surface area contributed by atoms with E-state index in [4.69, 9.17) is 6.42 Å².